The molecule has 0 spiro atoms. The molecule has 0 fully saturated rings. The third kappa shape index (κ3) is 7.49. The van der Waals surface area contributed by atoms with Crippen molar-refractivity contribution in [2.24, 2.45) is 0 Å². The smallest absolute Gasteiger partial charge is 0.340 e. The van der Waals surface area contributed by atoms with Gasteiger partial charge in [0.2, 0.25) is 0 Å². The third-order valence-corrected chi connectivity index (χ3v) is 6.16. The number of esters is 2. The molecule has 0 aliphatic heterocycles. The van der Waals surface area contributed by atoms with Crippen LogP contribution in [0.25, 0.3) is 11.0 Å². The molecule has 0 aliphatic carbocycles. The van der Waals surface area contributed by atoms with E-state index in [1.54, 1.807) is 26.8 Å². The van der Waals surface area contributed by atoms with Gasteiger partial charge in [0.25, 0.3) is 0 Å². The number of methoxy groups -OCH3 is 1. The molecule has 9 heteroatoms. The summed E-state index contributed by atoms with van der Waals surface area (Å²) in [6.07, 6.45) is 2.42. The SMILES string of the molecule is COC(=O)c1cc(O/C=C/C(=O)OC(C)(C)C)cc2c1nc(C)n2COCC[Si](C)(C)C. The van der Waals surface area contributed by atoms with Crippen molar-refractivity contribution in [3.8, 4) is 5.75 Å². The summed E-state index contributed by atoms with van der Waals surface area (Å²) < 4.78 is 23.5. The van der Waals surface area contributed by atoms with Crippen LogP contribution in [0.2, 0.25) is 25.7 Å². The maximum atomic E-state index is 12.4. The first-order valence-corrected chi connectivity index (χ1v) is 14.2. The summed E-state index contributed by atoms with van der Waals surface area (Å²) in [4.78, 5) is 28.8. The van der Waals surface area contributed by atoms with E-state index in [0.717, 1.165) is 6.04 Å². The molecule has 0 radical (unpaired) electrons. The summed E-state index contributed by atoms with van der Waals surface area (Å²) in [5.41, 5.74) is 0.859. The molecule has 176 valence electrons. The molecule has 32 heavy (non-hydrogen) atoms. The van der Waals surface area contributed by atoms with Gasteiger partial charge in [-0.05, 0) is 39.8 Å². The second-order valence-electron chi connectivity index (χ2n) is 9.72. The number of nitrogens with zero attached hydrogens (tertiary/aromatic N) is 2. The van der Waals surface area contributed by atoms with Crippen molar-refractivity contribution >= 4 is 31.0 Å². The summed E-state index contributed by atoms with van der Waals surface area (Å²) in [6, 6.07) is 4.34. The lowest BCUT2D eigenvalue weighted by Crippen LogP contribution is -2.22. The topological polar surface area (TPSA) is 88.9 Å². The van der Waals surface area contributed by atoms with Gasteiger partial charge in [-0.15, -0.1) is 0 Å². The fourth-order valence-electron chi connectivity index (χ4n) is 2.85. The Bertz CT molecular complexity index is 999. The van der Waals surface area contributed by atoms with Crippen molar-refractivity contribution in [1.82, 2.24) is 9.55 Å². The van der Waals surface area contributed by atoms with Crippen molar-refractivity contribution in [3.63, 3.8) is 0 Å². The van der Waals surface area contributed by atoms with Crippen LogP contribution in [0.5, 0.6) is 5.75 Å². The van der Waals surface area contributed by atoms with Crippen molar-refractivity contribution < 1.29 is 28.5 Å². The zero-order valence-corrected chi connectivity index (χ0v) is 21.3. The molecule has 0 saturated heterocycles. The molecular weight excluding hydrogens is 428 g/mol. The lowest BCUT2D eigenvalue weighted by atomic mass is 10.1. The first kappa shape index (κ1) is 25.6. The Morgan fingerprint density at radius 2 is 1.88 bits per heavy atom. The van der Waals surface area contributed by atoms with Crippen molar-refractivity contribution in [3.05, 3.63) is 35.9 Å². The van der Waals surface area contributed by atoms with E-state index in [1.165, 1.54) is 25.5 Å². The minimum absolute atomic E-state index is 0.273. The van der Waals surface area contributed by atoms with Crippen LogP contribution in [-0.4, -0.2) is 48.9 Å². The van der Waals surface area contributed by atoms with Gasteiger partial charge in [-0.3, -0.25) is 0 Å². The maximum absolute atomic E-state index is 12.4. The molecule has 1 aromatic heterocycles. The van der Waals surface area contributed by atoms with Gasteiger partial charge >= 0.3 is 11.9 Å². The highest BCUT2D eigenvalue weighted by atomic mass is 28.3. The Labute approximate surface area is 190 Å². The van der Waals surface area contributed by atoms with Crippen LogP contribution in [0, 0.1) is 6.92 Å². The number of aromatic nitrogens is 2. The minimum atomic E-state index is -1.20. The molecule has 0 aliphatic rings. The Morgan fingerprint density at radius 1 is 1.19 bits per heavy atom. The number of ether oxygens (including phenoxy) is 4. The number of carbonyl (C=O) groups excluding carboxylic acids is 2. The van der Waals surface area contributed by atoms with Gasteiger partial charge in [0.1, 0.15) is 29.4 Å². The number of benzene rings is 1. The zero-order valence-electron chi connectivity index (χ0n) is 20.3. The highest BCUT2D eigenvalue weighted by molar-refractivity contribution is 6.76. The molecule has 1 aromatic carbocycles. The summed E-state index contributed by atoms with van der Waals surface area (Å²) >= 11 is 0. The molecule has 0 bridgehead atoms. The molecule has 0 atom stereocenters. The van der Waals surface area contributed by atoms with Crippen LogP contribution in [0.3, 0.4) is 0 Å². The molecular formula is C23H34N2O6Si. The molecule has 0 unspecified atom stereocenters. The first-order valence-electron chi connectivity index (χ1n) is 10.5. The number of aryl methyl sites for hydroxylation is 1. The van der Waals surface area contributed by atoms with Crippen LogP contribution < -0.4 is 4.74 Å². The van der Waals surface area contributed by atoms with E-state index in [1.807, 2.05) is 11.5 Å². The van der Waals surface area contributed by atoms with E-state index in [2.05, 4.69) is 24.6 Å². The molecule has 2 aromatic rings. The second kappa shape index (κ2) is 10.3. The number of rotatable bonds is 9. The van der Waals surface area contributed by atoms with Crippen molar-refractivity contribution in [2.45, 2.75) is 65.7 Å². The fourth-order valence-corrected chi connectivity index (χ4v) is 3.60. The highest BCUT2D eigenvalue weighted by Gasteiger charge is 2.20. The van der Waals surface area contributed by atoms with E-state index < -0.39 is 25.6 Å². The Morgan fingerprint density at radius 3 is 2.47 bits per heavy atom. The summed E-state index contributed by atoms with van der Waals surface area (Å²) in [6.45, 7) is 15.1. The van der Waals surface area contributed by atoms with Crippen LogP contribution in [0.1, 0.15) is 37.0 Å². The van der Waals surface area contributed by atoms with Gasteiger partial charge in [0.15, 0.2) is 0 Å². The summed E-state index contributed by atoms with van der Waals surface area (Å²) in [5, 5.41) is 0. The number of hydrogen-bond acceptors (Lipinski definition) is 7. The minimum Gasteiger partial charge on any atom is -0.465 e. The first-order chi connectivity index (χ1) is 14.8. The van der Waals surface area contributed by atoms with Crippen LogP contribution >= 0.6 is 0 Å². The van der Waals surface area contributed by atoms with E-state index in [0.29, 0.717) is 35.9 Å². The van der Waals surface area contributed by atoms with E-state index in [-0.39, 0.29) is 5.56 Å². The van der Waals surface area contributed by atoms with Crippen LogP contribution in [0.4, 0.5) is 0 Å². The second-order valence-corrected chi connectivity index (χ2v) is 15.3. The fraction of sp³-hybridized carbons (Fsp3) is 0.522. The van der Waals surface area contributed by atoms with Gasteiger partial charge < -0.3 is 23.5 Å². The van der Waals surface area contributed by atoms with Crippen LogP contribution in [0.15, 0.2) is 24.5 Å². The predicted molar refractivity (Wildman–Crippen MR) is 126 cm³/mol. The normalized spacial score (nSPS) is 12.4. The van der Waals surface area contributed by atoms with Crippen molar-refractivity contribution in [1.29, 1.82) is 0 Å². The zero-order chi connectivity index (χ0) is 24.1. The molecule has 0 saturated carbocycles. The molecule has 8 nitrogen and oxygen atoms in total. The number of fused-ring (bicyclic) bond motifs is 1. The lowest BCUT2D eigenvalue weighted by Gasteiger charge is -2.17. The van der Waals surface area contributed by atoms with Crippen molar-refractivity contribution in [2.75, 3.05) is 13.7 Å². The average Bonchev–Trinajstić information content (AvgIpc) is 2.97. The van der Waals surface area contributed by atoms with Gasteiger partial charge in [-0.25, -0.2) is 14.6 Å². The van der Waals surface area contributed by atoms with Gasteiger partial charge in [0, 0.05) is 20.7 Å². The Hall–Kier alpha value is -2.65. The van der Waals surface area contributed by atoms with E-state index in [9.17, 15) is 9.59 Å². The highest BCUT2D eigenvalue weighted by Crippen LogP contribution is 2.27. The molecule has 0 N–H and O–H groups in total. The van der Waals surface area contributed by atoms with Crippen LogP contribution in [-0.2, 0) is 25.7 Å². The van der Waals surface area contributed by atoms with Gasteiger partial charge in [0.05, 0.1) is 30.5 Å². The average molecular weight is 463 g/mol. The number of carbonyl (C=O) groups is 2. The number of imidazole rings is 1. The largest absolute Gasteiger partial charge is 0.465 e. The quantitative estimate of drug-likeness (QED) is 0.176. The summed E-state index contributed by atoms with van der Waals surface area (Å²) in [7, 11) is 0.113. The summed E-state index contributed by atoms with van der Waals surface area (Å²) in [5.74, 6) is 0.0184. The standard InChI is InChI=1S/C23H34N2O6Si/c1-16-24-21-18(22(27)28-5)13-17(30-10-9-20(26)31-23(2,3)4)14-19(21)25(16)15-29-11-12-32(6,7)8/h9-10,13-14H,11-12,15H2,1-8H3/b10-9+. The molecule has 1 heterocycles. The van der Waals surface area contributed by atoms with Gasteiger partial charge in [-0.1, -0.05) is 19.6 Å². The maximum Gasteiger partial charge on any atom is 0.340 e. The Kier molecular flexibility index (Phi) is 8.25. The van der Waals surface area contributed by atoms with E-state index in [4.69, 9.17) is 18.9 Å². The molecule has 2 rings (SSSR count). The Balaban J connectivity index is 2.30. The number of hydrogen-bond donors (Lipinski definition) is 0. The predicted octanol–water partition coefficient (Wildman–Crippen LogP) is 4.68. The monoisotopic (exact) mass is 462 g/mol. The van der Waals surface area contributed by atoms with Gasteiger partial charge in [-0.2, -0.15) is 0 Å². The third-order valence-electron chi connectivity index (χ3n) is 4.46. The van der Waals surface area contributed by atoms with E-state index >= 15 is 0 Å². The lowest BCUT2D eigenvalue weighted by molar-refractivity contribution is -0.148. The molecule has 0 amide bonds.